The number of hydrogen-bond acceptors (Lipinski definition) is 4. The van der Waals surface area contributed by atoms with Crippen LogP contribution >= 0.6 is 22.6 Å². The zero-order valence-corrected chi connectivity index (χ0v) is 15.1. The highest BCUT2D eigenvalue weighted by Crippen LogP contribution is 2.34. The first-order valence-electron chi connectivity index (χ1n) is 7.39. The van der Waals surface area contributed by atoms with Gasteiger partial charge in [-0.2, -0.15) is 0 Å². The summed E-state index contributed by atoms with van der Waals surface area (Å²) in [6.07, 6.45) is 6.01. The summed E-state index contributed by atoms with van der Waals surface area (Å²) in [5.74, 6) is 0.484. The van der Waals surface area contributed by atoms with Gasteiger partial charge in [0.15, 0.2) is 0 Å². The van der Waals surface area contributed by atoms with Gasteiger partial charge in [0, 0.05) is 29.6 Å². The molecule has 6 nitrogen and oxygen atoms in total. The Kier molecular flexibility index (Phi) is 4.58. The number of nitrogen functional groups attached to an aromatic ring is 1. The van der Waals surface area contributed by atoms with Crippen LogP contribution in [0.15, 0.2) is 31.1 Å². The molecule has 1 saturated heterocycles. The number of pyridine rings is 1. The van der Waals surface area contributed by atoms with Crippen molar-refractivity contribution in [2.45, 2.75) is 18.5 Å². The summed E-state index contributed by atoms with van der Waals surface area (Å²) in [5.41, 5.74) is 7.07. The average Bonchev–Trinajstić information content (AvgIpc) is 3.09. The standard InChI is InChI=1S/C16H19IN4O2/c1-3-14(22)21-7-10(6-11(21)9-23-2)20-8-12(17)15-13(20)4-5-19-16(15)18/h3-5,8,10-11H,1,6-7,9H2,2H3,(H2,18,19)/t10-,11+/m0/s1. The fourth-order valence-electron chi connectivity index (χ4n) is 3.32. The first kappa shape index (κ1) is 16.3. The summed E-state index contributed by atoms with van der Waals surface area (Å²) < 4.78 is 8.55. The molecule has 0 aliphatic carbocycles. The van der Waals surface area contributed by atoms with Crippen LogP contribution in [0.5, 0.6) is 0 Å². The van der Waals surface area contributed by atoms with Crippen molar-refractivity contribution in [2.75, 3.05) is 26.0 Å². The minimum atomic E-state index is -0.0538. The molecule has 2 aromatic heterocycles. The summed E-state index contributed by atoms with van der Waals surface area (Å²) in [6, 6.07) is 2.22. The van der Waals surface area contributed by atoms with Gasteiger partial charge < -0.3 is 19.9 Å². The number of hydrogen-bond donors (Lipinski definition) is 1. The molecule has 3 rings (SSSR count). The number of aromatic nitrogens is 2. The van der Waals surface area contributed by atoms with Gasteiger partial charge in [0.25, 0.3) is 0 Å². The van der Waals surface area contributed by atoms with E-state index in [4.69, 9.17) is 10.5 Å². The van der Waals surface area contributed by atoms with Gasteiger partial charge in [-0.1, -0.05) is 6.58 Å². The van der Waals surface area contributed by atoms with Gasteiger partial charge in [0.2, 0.25) is 5.91 Å². The number of ether oxygens (including phenoxy) is 1. The van der Waals surface area contributed by atoms with E-state index in [0.717, 1.165) is 20.9 Å². The fourth-order valence-corrected chi connectivity index (χ4v) is 4.17. The van der Waals surface area contributed by atoms with Crippen molar-refractivity contribution < 1.29 is 9.53 Å². The first-order chi connectivity index (χ1) is 11.1. The van der Waals surface area contributed by atoms with Crippen molar-refractivity contribution in [3.63, 3.8) is 0 Å². The first-order valence-corrected chi connectivity index (χ1v) is 8.47. The van der Waals surface area contributed by atoms with E-state index >= 15 is 0 Å². The number of nitrogens with zero attached hydrogens (tertiary/aromatic N) is 3. The smallest absolute Gasteiger partial charge is 0.246 e. The molecule has 2 aromatic rings. The van der Waals surface area contributed by atoms with E-state index < -0.39 is 0 Å². The average molecular weight is 426 g/mol. The lowest BCUT2D eigenvalue weighted by atomic mass is 10.1. The topological polar surface area (TPSA) is 73.4 Å². The molecule has 3 heterocycles. The minimum Gasteiger partial charge on any atom is -0.383 e. The highest BCUT2D eigenvalue weighted by molar-refractivity contribution is 14.1. The molecule has 0 radical (unpaired) electrons. The predicted octanol–water partition coefficient (Wildman–Crippen LogP) is 2.20. The van der Waals surface area contributed by atoms with Crippen molar-refractivity contribution in [2.24, 2.45) is 0 Å². The summed E-state index contributed by atoms with van der Waals surface area (Å²) >= 11 is 2.28. The van der Waals surface area contributed by atoms with Gasteiger partial charge in [-0.05, 0) is 41.2 Å². The molecule has 23 heavy (non-hydrogen) atoms. The van der Waals surface area contributed by atoms with E-state index in [1.165, 1.54) is 6.08 Å². The predicted molar refractivity (Wildman–Crippen MR) is 98.1 cm³/mol. The lowest BCUT2D eigenvalue weighted by molar-refractivity contribution is -0.127. The van der Waals surface area contributed by atoms with Crippen molar-refractivity contribution in [1.29, 1.82) is 0 Å². The molecule has 0 saturated carbocycles. The third-order valence-corrected chi connectivity index (χ3v) is 5.15. The van der Waals surface area contributed by atoms with Crippen molar-refractivity contribution in [3.05, 3.63) is 34.7 Å². The minimum absolute atomic E-state index is 0.0538. The second-order valence-corrected chi connectivity index (χ2v) is 6.83. The van der Waals surface area contributed by atoms with E-state index in [2.05, 4.69) is 44.9 Å². The second-order valence-electron chi connectivity index (χ2n) is 5.67. The van der Waals surface area contributed by atoms with Crippen LogP contribution in [0.25, 0.3) is 10.9 Å². The van der Waals surface area contributed by atoms with E-state index in [1.807, 2.05) is 11.0 Å². The highest BCUT2D eigenvalue weighted by atomic mass is 127. The molecule has 122 valence electrons. The van der Waals surface area contributed by atoms with Gasteiger partial charge in [-0.15, -0.1) is 0 Å². The molecule has 0 aromatic carbocycles. The molecule has 0 unspecified atom stereocenters. The normalized spacial score (nSPS) is 21.0. The summed E-state index contributed by atoms with van der Waals surface area (Å²) in [5, 5.41) is 0.977. The Morgan fingerprint density at radius 2 is 2.43 bits per heavy atom. The number of amides is 1. The van der Waals surface area contributed by atoms with Gasteiger partial charge in [0.1, 0.15) is 5.82 Å². The van der Waals surface area contributed by atoms with Crippen LogP contribution in [0.3, 0.4) is 0 Å². The third-order valence-electron chi connectivity index (χ3n) is 4.33. The van der Waals surface area contributed by atoms with Crippen LogP contribution in [0.4, 0.5) is 5.82 Å². The molecule has 2 N–H and O–H groups in total. The van der Waals surface area contributed by atoms with E-state index in [1.54, 1.807) is 13.3 Å². The SMILES string of the molecule is C=CC(=O)N1C[C@@H](n2cc(I)c3c(N)nccc32)C[C@@H]1COC. The number of rotatable bonds is 4. The van der Waals surface area contributed by atoms with Crippen molar-refractivity contribution in [3.8, 4) is 0 Å². The summed E-state index contributed by atoms with van der Waals surface area (Å²) in [7, 11) is 1.66. The number of methoxy groups -OCH3 is 1. The number of halogens is 1. The molecular weight excluding hydrogens is 407 g/mol. The molecule has 1 amide bonds. The number of carbonyl (C=O) groups is 1. The summed E-state index contributed by atoms with van der Waals surface area (Å²) in [4.78, 5) is 18.1. The van der Waals surface area contributed by atoms with Crippen LogP contribution in [0, 0.1) is 3.57 Å². The molecule has 2 atom stereocenters. The highest BCUT2D eigenvalue weighted by Gasteiger charge is 2.35. The van der Waals surface area contributed by atoms with Crippen LogP contribution in [-0.2, 0) is 9.53 Å². The maximum absolute atomic E-state index is 12.1. The van der Waals surface area contributed by atoms with E-state index in [-0.39, 0.29) is 18.0 Å². The molecule has 7 heteroatoms. The maximum Gasteiger partial charge on any atom is 0.246 e. The largest absolute Gasteiger partial charge is 0.383 e. The number of nitrogens with two attached hydrogens (primary N) is 1. The van der Waals surface area contributed by atoms with Gasteiger partial charge in [-0.25, -0.2) is 4.98 Å². The van der Waals surface area contributed by atoms with Gasteiger partial charge in [-0.3, -0.25) is 4.79 Å². The lowest BCUT2D eigenvalue weighted by Gasteiger charge is -2.22. The van der Waals surface area contributed by atoms with Gasteiger partial charge >= 0.3 is 0 Å². The number of fused-ring (bicyclic) bond motifs is 1. The van der Waals surface area contributed by atoms with Crippen LogP contribution in [0.2, 0.25) is 0 Å². The zero-order chi connectivity index (χ0) is 16.6. The molecular formula is C16H19IN4O2. The van der Waals surface area contributed by atoms with Crippen LogP contribution in [0.1, 0.15) is 12.5 Å². The Balaban J connectivity index is 1.98. The molecule has 1 aliphatic rings. The number of carbonyl (C=O) groups excluding carboxylic acids is 1. The Hall–Kier alpha value is -1.61. The molecule has 0 spiro atoms. The maximum atomic E-state index is 12.1. The van der Waals surface area contributed by atoms with Crippen LogP contribution in [-0.4, -0.2) is 46.7 Å². The number of likely N-dealkylation sites (tertiary alicyclic amines) is 1. The van der Waals surface area contributed by atoms with Crippen molar-refractivity contribution >= 4 is 45.2 Å². The lowest BCUT2D eigenvalue weighted by Crippen LogP contribution is -2.37. The second kappa shape index (κ2) is 6.48. The fraction of sp³-hybridized carbons (Fsp3) is 0.375. The third kappa shape index (κ3) is 2.83. The Morgan fingerprint density at radius 3 is 3.13 bits per heavy atom. The Morgan fingerprint density at radius 1 is 1.65 bits per heavy atom. The zero-order valence-electron chi connectivity index (χ0n) is 12.9. The van der Waals surface area contributed by atoms with Gasteiger partial charge in [0.05, 0.1) is 29.6 Å². The van der Waals surface area contributed by atoms with E-state index in [9.17, 15) is 4.79 Å². The Labute approximate surface area is 148 Å². The summed E-state index contributed by atoms with van der Waals surface area (Å²) in [6.45, 7) is 4.76. The van der Waals surface area contributed by atoms with Crippen LogP contribution < -0.4 is 5.73 Å². The van der Waals surface area contributed by atoms with E-state index in [0.29, 0.717) is 19.0 Å². The Bertz CT molecular complexity index is 758. The van der Waals surface area contributed by atoms with Crippen molar-refractivity contribution in [1.82, 2.24) is 14.5 Å². The number of anilines is 1. The molecule has 1 aliphatic heterocycles. The molecule has 0 bridgehead atoms. The molecule has 1 fully saturated rings. The quantitative estimate of drug-likeness (QED) is 0.601. The monoisotopic (exact) mass is 426 g/mol.